The minimum Gasteiger partial charge on any atom is -0.366 e. The highest BCUT2D eigenvalue weighted by molar-refractivity contribution is 5.93. The van der Waals surface area contributed by atoms with Gasteiger partial charge in [0.05, 0.1) is 5.56 Å². The predicted molar refractivity (Wildman–Crippen MR) is 71.9 cm³/mol. The van der Waals surface area contributed by atoms with Gasteiger partial charge in [-0.05, 0) is 37.3 Å². The van der Waals surface area contributed by atoms with Crippen molar-refractivity contribution in [2.75, 3.05) is 5.32 Å². The lowest BCUT2D eigenvalue weighted by Gasteiger charge is -2.08. The Kier molecular flexibility index (Phi) is 3.44. The SMILES string of the molecule is Cc1ccc(C#N)c(Nc2cccc(C(N)=O)c2)n1. The zero-order chi connectivity index (χ0) is 13.8. The third-order valence-electron chi connectivity index (χ3n) is 2.56. The Balaban J connectivity index is 2.36. The van der Waals surface area contributed by atoms with Crippen molar-refractivity contribution in [3.8, 4) is 6.07 Å². The van der Waals surface area contributed by atoms with E-state index in [0.717, 1.165) is 5.69 Å². The molecule has 0 atom stereocenters. The molecule has 1 aromatic carbocycles. The van der Waals surface area contributed by atoms with Crippen molar-refractivity contribution in [1.82, 2.24) is 4.98 Å². The summed E-state index contributed by atoms with van der Waals surface area (Å²) in [6.45, 7) is 1.84. The number of aryl methyl sites for hydroxylation is 1. The Hall–Kier alpha value is -2.87. The van der Waals surface area contributed by atoms with Crippen molar-refractivity contribution < 1.29 is 4.79 Å². The Morgan fingerprint density at radius 3 is 2.84 bits per heavy atom. The van der Waals surface area contributed by atoms with E-state index < -0.39 is 5.91 Å². The van der Waals surface area contributed by atoms with Crippen LogP contribution in [-0.4, -0.2) is 10.9 Å². The maximum absolute atomic E-state index is 11.1. The van der Waals surface area contributed by atoms with Gasteiger partial charge in [0, 0.05) is 16.9 Å². The summed E-state index contributed by atoms with van der Waals surface area (Å²) in [5.74, 6) is -0.0366. The van der Waals surface area contributed by atoms with Gasteiger partial charge in [0.1, 0.15) is 11.9 Å². The van der Waals surface area contributed by atoms with Crippen LogP contribution in [0.1, 0.15) is 21.6 Å². The zero-order valence-electron chi connectivity index (χ0n) is 10.3. The molecule has 19 heavy (non-hydrogen) atoms. The highest BCUT2D eigenvalue weighted by Gasteiger charge is 2.06. The topological polar surface area (TPSA) is 91.8 Å². The number of nitriles is 1. The molecule has 2 aromatic rings. The molecular formula is C14H12N4O. The average molecular weight is 252 g/mol. The lowest BCUT2D eigenvalue weighted by molar-refractivity contribution is 0.100. The second kappa shape index (κ2) is 5.19. The van der Waals surface area contributed by atoms with Gasteiger partial charge < -0.3 is 11.1 Å². The first-order valence-electron chi connectivity index (χ1n) is 5.65. The molecule has 1 aromatic heterocycles. The van der Waals surface area contributed by atoms with Gasteiger partial charge >= 0.3 is 0 Å². The van der Waals surface area contributed by atoms with E-state index in [1.54, 1.807) is 36.4 Å². The zero-order valence-corrected chi connectivity index (χ0v) is 10.3. The molecule has 5 heteroatoms. The monoisotopic (exact) mass is 252 g/mol. The number of rotatable bonds is 3. The van der Waals surface area contributed by atoms with Crippen molar-refractivity contribution in [2.45, 2.75) is 6.92 Å². The number of primary amides is 1. The summed E-state index contributed by atoms with van der Waals surface area (Å²) in [4.78, 5) is 15.4. The summed E-state index contributed by atoms with van der Waals surface area (Å²) in [7, 11) is 0. The number of carbonyl (C=O) groups excluding carboxylic acids is 1. The van der Waals surface area contributed by atoms with E-state index in [4.69, 9.17) is 11.0 Å². The number of pyridine rings is 1. The van der Waals surface area contributed by atoms with Crippen LogP contribution in [0.25, 0.3) is 0 Å². The second-order valence-corrected chi connectivity index (χ2v) is 4.03. The number of amides is 1. The van der Waals surface area contributed by atoms with Crippen LogP contribution >= 0.6 is 0 Å². The molecule has 94 valence electrons. The Morgan fingerprint density at radius 2 is 2.16 bits per heavy atom. The third-order valence-corrected chi connectivity index (χ3v) is 2.56. The second-order valence-electron chi connectivity index (χ2n) is 4.03. The molecule has 0 aliphatic heterocycles. The van der Waals surface area contributed by atoms with Crippen molar-refractivity contribution in [3.63, 3.8) is 0 Å². The Bertz CT molecular complexity index is 673. The number of nitrogens with two attached hydrogens (primary N) is 1. The normalized spacial score (nSPS) is 9.68. The van der Waals surface area contributed by atoms with E-state index in [2.05, 4.69) is 16.4 Å². The van der Waals surface area contributed by atoms with E-state index in [0.29, 0.717) is 22.6 Å². The summed E-state index contributed by atoms with van der Waals surface area (Å²) >= 11 is 0. The molecule has 0 fully saturated rings. The fraction of sp³-hybridized carbons (Fsp3) is 0.0714. The smallest absolute Gasteiger partial charge is 0.248 e. The molecule has 1 amide bonds. The molecular weight excluding hydrogens is 240 g/mol. The van der Waals surface area contributed by atoms with Crippen LogP contribution < -0.4 is 11.1 Å². The van der Waals surface area contributed by atoms with Gasteiger partial charge in [0.15, 0.2) is 0 Å². The number of hydrogen-bond donors (Lipinski definition) is 2. The number of anilines is 2. The summed E-state index contributed by atoms with van der Waals surface area (Å²) < 4.78 is 0. The van der Waals surface area contributed by atoms with Gasteiger partial charge in [-0.15, -0.1) is 0 Å². The van der Waals surface area contributed by atoms with Gasteiger partial charge in [-0.1, -0.05) is 6.07 Å². The van der Waals surface area contributed by atoms with Gasteiger partial charge in [0.25, 0.3) is 0 Å². The quantitative estimate of drug-likeness (QED) is 0.875. The van der Waals surface area contributed by atoms with Crippen LogP contribution in [0.3, 0.4) is 0 Å². The maximum atomic E-state index is 11.1. The predicted octanol–water partition coefficient (Wildman–Crippen LogP) is 2.10. The Labute approximate surface area is 110 Å². The highest BCUT2D eigenvalue weighted by Crippen LogP contribution is 2.19. The summed E-state index contributed by atoms with van der Waals surface area (Å²) in [6, 6.07) is 12.3. The first-order valence-corrected chi connectivity index (χ1v) is 5.65. The molecule has 0 unspecified atom stereocenters. The summed E-state index contributed by atoms with van der Waals surface area (Å²) in [5, 5.41) is 12.0. The molecule has 3 N–H and O–H groups in total. The number of nitrogens with one attached hydrogen (secondary N) is 1. The minimum atomic E-state index is -0.499. The number of hydrogen-bond acceptors (Lipinski definition) is 4. The number of nitrogens with zero attached hydrogens (tertiary/aromatic N) is 2. The van der Waals surface area contributed by atoms with E-state index in [-0.39, 0.29) is 0 Å². The lowest BCUT2D eigenvalue weighted by Crippen LogP contribution is -2.11. The number of aromatic nitrogens is 1. The van der Waals surface area contributed by atoms with Crippen LogP contribution in [0.4, 0.5) is 11.5 Å². The standard InChI is InChI=1S/C14H12N4O/c1-9-5-6-11(8-15)14(17-9)18-12-4-2-3-10(7-12)13(16)19/h2-7H,1H3,(H2,16,19)(H,17,18). The first-order chi connectivity index (χ1) is 9.10. The van der Waals surface area contributed by atoms with Crippen molar-refractivity contribution in [1.29, 1.82) is 5.26 Å². The Morgan fingerprint density at radius 1 is 1.37 bits per heavy atom. The summed E-state index contributed by atoms with van der Waals surface area (Å²) in [5.41, 5.74) is 7.52. The van der Waals surface area contributed by atoms with Crippen molar-refractivity contribution in [3.05, 3.63) is 53.2 Å². The maximum Gasteiger partial charge on any atom is 0.248 e. The number of benzene rings is 1. The van der Waals surface area contributed by atoms with Crippen molar-refractivity contribution >= 4 is 17.4 Å². The van der Waals surface area contributed by atoms with Crippen LogP contribution in [0.2, 0.25) is 0 Å². The van der Waals surface area contributed by atoms with E-state index in [9.17, 15) is 4.79 Å². The number of carbonyl (C=O) groups is 1. The fourth-order valence-electron chi connectivity index (χ4n) is 1.63. The van der Waals surface area contributed by atoms with Gasteiger partial charge in [-0.3, -0.25) is 4.79 Å². The highest BCUT2D eigenvalue weighted by atomic mass is 16.1. The molecule has 0 radical (unpaired) electrons. The molecule has 1 heterocycles. The first kappa shape index (κ1) is 12.6. The van der Waals surface area contributed by atoms with E-state index in [1.807, 2.05) is 6.92 Å². The van der Waals surface area contributed by atoms with Crippen LogP contribution in [0, 0.1) is 18.3 Å². The van der Waals surface area contributed by atoms with Gasteiger partial charge in [0.2, 0.25) is 5.91 Å². The van der Waals surface area contributed by atoms with E-state index in [1.165, 1.54) is 0 Å². The lowest BCUT2D eigenvalue weighted by atomic mass is 10.2. The molecule has 0 saturated heterocycles. The van der Waals surface area contributed by atoms with Crippen LogP contribution in [0.5, 0.6) is 0 Å². The molecule has 5 nitrogen and oxygen atoms in total. The molecule has 0 bridgehead atoms. The molecule has 0 aliphatic carbocycles. The van der Waals surface area contributed by atoms with Crippen LogP contribution in [-0.2, 0) is 0 Å². The third kappa shape index (κ3) is 2.87. The molecule has 0 spiro atoms. The molecule has 0 saturated carbocycles. The van der Waals surface area contributed by atoms with Crippen molar-refractivity contribution in [2.24, 2.45) is 5.73 Å². The van der Waals surface area contributed by atoms with Crippen LogP contribution in [0.15, 0.2) is 36.4 Å². The minimum absolute atomic E-state index is 0.399. The largest absolute Gasteiger partial charge is 0.366 e. The van der Waals surface area contributed by atoms with Gasteiger partial charge in [-0.25, -0.2) is 4.98 Å². The summed E-state index contributed by atoms with van der Waals surface area (Å²) in [6.07, 6.45) is 0. The average Bonchev–Trinajstić information content (AvgIpc) is 2.39. The molecule has 0 aliphatic rings. The molecule has 2 rings (SSSR count). The van der Waals surface area contributed by atoms with Gasteiger partial charge in [-0.2, -0.15) is 5.26 Å². The fourth-order valence-corrected chi connectivity index (χ4v) is 1.63. The van der Waals surface area contributed by atoms with E-state index >= 15 is 0 Å².